The molecule has 0 amide bonds. The quantitative estimate of drug-likeness (QED) is 0.380. The van der Waals surface area contributed by atoms with E-state index in [0.29, 0.717) is 0 Å². The first-order valence-electron chi connectivity index (χ1n) is 0.698. The van der Waals surface area contributed by atoms with Crippen LogP contribution in [0.15, 0.2) is 0 Å². The summed E-state index contributed by atoms with van der Waals surface area (Å²) < 4.78 is 31.6. The third-order valence-corrected chi connectivity index (χ3v) is 0. The van der Waals surface area contributed by atoms with Crippen LogP contribution < -0.4 is 0 Å². The molecule has 0 radical (unpaired) electrons. The largest absolute Gasteiger partial charge is 0 e. The topological polar surface area (TPSA) is 74.6 Å². The van der Waals surface area contributed by atoms with Gasteiger partial charge in [-0.25, -0.2) is 0 Å². The van der Waals surface area contributed by atoms with Gasteiger partial charge in [-0.2, -0.15) is 8.42 Å². The van der Waals surface area contributed by atoms with Gasteiger partial charge >= 0.3 is 28.4 Å². The Labute approximate surface area is 63.0 Å². The summed E-state index contributed by atoms with van der Waals surface area (Å²) in [7, 11) is -4.67. The van der Waals surface area contributed by atoms with E-state index in [4.69, 9.17) is 17.5 Å². The van der Waals surface area contributed by atoms with Crippen LogP contribution in [0.1, 0.15) is 0 Å². The first-order valence-corrected chi connectivity index (χ1v) is 2.10. The molecule has 0 aliphatic carbocycles. The van der Waals surface area contributed by atoms with Gasteiger partial charge in [0.1, 0.15) is 0 Å². The molecule has 0 bridgehead atoms. The monoisotopic (exact) mass is 232 g/mol. The summed E-state index contributed by atoms with van der Waals surface area (Å²) >= 11 is 0. The van der Waals surface area contributed by atoms with E-state index in [2.05, 4.69) is 0 Å². The Bertz CT molecular complexity index is 94.9. The van der Waals surface area contributed by atoms with Crippen LogP contribution in [-0.2, 0) is 27.5 Å². The molecule has 7 heavy (non-hydrogen) atoms. The fourth-order valence-corrected chi connectivity index (χ4v) is 0. The molecule has 1 unspecified atom stereocenters. The van der Waals surface area contributed by atoms with Crippen molar-refractivity contribution in [1.82, 2.24) is 0 Å². The Morgan fingerprint density at radius 2 is 1.14 bits per heavy atom. The predicted octanol–water partition coefficient (Wildman–Crippen LogP) is -1.84. The van der Waals surface area contributed by atoms with Crippen LogP contribution in [-0.4, -0.2) is 35.5 Å². The van der Waals surface area contributed by atoms with Gasteiger partial charge in [-0.1, -0.05) is 0 Å². The maximum Gasteiger partial charge on any atom is 0 e. The van der Waals surface area contributed by atoms with Gasteiger partial charge in [0.05, 0.1) is 0 Å². The fraction of sp³-hybridized carbons (Fsp3) is 0. The van der Waals surface area contributed by atoms with Gasteiger partial charge in [0.2, 0.25) is 0 Å². The van der Waals surface area contributed by atoms with Gasteiger partial charge in [0, 0.05) is 17.1 Å². The zero-order valence-electron chi connectivity index (χ0n) is 3.18. The van der Waals surface area contributed by atoms with Gasteiger partial charge in [-0.3, -0.25) is 9.11 Å². The standard InChI is InChI=1S/AsH3.Fe.H2O4S/c;;1-5(2,3)4/h1H3;;(H2,1,2,3,4). The Morgan fingerprint density at radius 1 is 1.14 bits per heavy atom. The van der Waals surface area contributed by atoms with Gasteiger partial charge < -0.3 is 0 Å². The molecule has 4 nitrogen and oxygen atoms in total. The van der Waals surface area contributed by atoms with Crippen LogP contribution in [0.3, 0.4) is 0 Å². The van der Waals surface area contributed by atoms with E-state index in [9.17, 15) is 0 Å². The Morgan fingerprint density at radius 3 is 1.14 bits per heavy atom. The molecule has 0 saturated carbocycles. The average molecular weight is 232 g/mol. The maximum atomic E-state index is 8.74. The van der Waals surface area contributed by atoms with Crippen molar-refractivity contribution >= 4 is 28.4 Å². The summed E-state index contributed by atoms with van der Waals surface area (Å²) in [6.07, 6.45) is 0. The smallest absolute Gasteiger partial charge is 0 e. The molecule has 0 saturated heterocycles. The summed E-state index contributed by atoms with van der Waals surface area (Å²) in [5, 5.41) is 0. The Hall–Kier alpha value is 0.948. The van der Waals surface area contributed by atoms with Crippen molar-refractivity contribution in [2.45, 2.75) is 0 Å². The Kier molecular flexibility index (Phi) is 11.4. The number of hydrogen-bond donors (Lipinski definition) is 2. The normalized spacial score (nSPS) is 8.29. The van der Waals surface area contributed by atoms with E-state index in [1.165, 1.54) is 0 Å². The van der Waals surface area contributed by atoms with E-state index in [1.54, 1.807) is 0 Å². The molecule has 7 heteroatoms. The van der Waals surface area contributed by atoms with Crippen molar-refractivity contribution in [2.75, 3.05) is 0 Å². The minimum Gasteiger partial charge on any atom is 0 e. The van der Waals surface area contributed by atoms with E-state index in [0.717, 1.165) is 0 Å². The average Bonchev–Trinajstić information content (AvgIpc) is 0.722. The zero-order chi connectivity index (χ0) is 4.50. The first-order chi connectivity index (χ1) is 2.00. The van der Waals surface area contributed by atoms with E-state index >= 15 is 0 Å². The van der Waals surface area contributed by atoms with Gasteiger partial charge in [0.25, 0.3) is 0 Å². The zero-order valence-corrected chi connectivity index (χ0v) is 8.07. The molecule has 0 spiro atoms. The summed E-state index contributed by atoms with van der Waals surface area (Å²) in [5.74, 6) is 0. The maximum absolute atomic E-state index is 8.74. The van der Waals surface area contributed by atoms with E-state index in [1.807, 2.05) is 0 Å². The third kappa shape index (κ3) is 189. The van der Waals surface area contributed by atoms with Crippen molar-refractivity contribution < 1.29 is 34.6 Å². The molecule has 0 aliphatic rings. The molecule has 0 rings (SSSR count). The van der Waals surface area contributed by atoms with Crippen LogP contribution in [0.25, 0.3) is 0 Å². The van der Waals surface area contributed by atoms with Gasteiger partial charge in [-0.15, -0.1) is 0 Å². The molecule has 0 fully saturated rings. The van der Waals surface area contributed by atoms with Gasteiger partial charge in [0.15, 0.2) is 0 Å². The van der Waals surface area contributed by atoms with Crippen LogP contribution in [0.2, 0.25) is 0 Å². The second-order valence-electron chi connectivity index (χ2n) is 0.448. The van der Waals surface area contributed by atoms with E-state index < -0.39 is 10.4 Å². The Balaban J connectivity index is -0.0000000800. The minimum atomic E-state index is -4.67. The predicted molar refractivity (Wildman–Crippen MR) is 24.1 cm³/mol. The molecule has 0 aromatic heterocycles. The van der Waals surface area contributed by atoms with Gasteiger partial charge in [-0.05, 0) is 0 Å². The minimum absolute atomic E-state index is 0. The molecule has 0 heterocycles. The van der Waals surface area contributed by atoms with Crippen molar-refractivity contribution in [2.24, 2.45) is 0 Å². The molecule has 1 atom stereocenters. The summed E-state index contributed by atoms with van der Waals surface area (Å²) in [5.41, 5.74) is 0. The van der Waals surface area contributed by atoms with Crippen LogP contribution in [0, 0.1) is 0 Å². The first kappa shape index (κ1) is 15.7. The molecule has 48 valence electrons. The van der Waals surface area contributed by atoms with Crippen molar-refractivity contribution in [3.8, 4) is 0 Å². The van der Waals surface area contributed by atoms with Crippen LogP contribution in [0.4, 0.5) is 0 Å². The van der Waals surface area contributed by atoms with Crippen molar-refractivity contribution in [3.05, 3.63) is 0 Å². The van der Waals surface area contributed by atoms with E-state index in [-0.39, 0.29) is 35.0 Å². The molecule has 0 aliphatic heterocycles. The van der Waals surface area contributed by atoms with Crippen LogP contribution >= 0.6 is 0 Å². The van der Waals surface area contributed by atoms with Crippen LogP contribution in [0.5, 0.6) is 0 Å². The molecular weight excluding hydrogens is 227 g/mol. The number of hydrogen-bond acceptors (Lipinski definition) is 2. The van der Waals surface area contributed by atoms with Crippen molar-refractivity contribution in [1.29, 1.82) is 0 Å². The molecular formula is H5AsFeO4S. The summed E-state index contributed by atoms with van der Waals surface area (Å²) in [6.45, 7) is 0. The fourth-order valence-electron chi connectivity index (χ4n) is 0. The second-order valence-corrected chi connectivity index (χ2v) is 1.34. The van der Waals surface area contributed by atoms with Crippen molar-refractivity contribution in [3.63, 3.8) is 0 Å². The second kappa shape index (κ2) is 5.09. The number of rotatable bonds is 0. The molecule has 0 aromatic carbocycles. The third-order valence-electron chi connectivity index (χ3n) is 0. The molecule has 2 N–H and O–H groups in total. The summed E-state index contributed by atoms with van der Waals surface area (Å²) in [4.78, 5) is 0. The molecule has 0 aromatic rings. The SMILES string of the molecule is O=S(=O)(O)O.[AsH3].[Fe]. The summed E-state index contributed by atoms with van der Waals surface area (Å²) in [6, 6.07) is 0.